The molecule has 1 aromatic rings. The number of aliphatic hydroxyl groups is 1. The Balaban J connectivity index is 1.57. The minimum atomic E-state index is -0.990. The molecule has 1 saturated heterocycles. The molecule has 3 unspecified atom stereocenters. The van der Waals surface area contributed by atoms with Crippen molar-refractivity contribution in [1.29, 1.82) is 0 Å². The number of nitrogens with one attached hydrogen (secondary N) is 2. The maximum Gasteiger partial charge on any atom is 0.263 e. The Morgan fingerprint density at radius 3 is 3.10 bits per heavy atom. The minimum absolute atomic E-state index is 0.175. The van der Waals surface area contributed by atoms with Gasteiger partial charge in [0.15, 0.2) is 6.10 Å². The molecule has 2 aliphatic heterocycles. The highest BCUT2D eigenvalue weighted by Gasteiger charge is 2.40. The average molecular weight is 292 g/mol. The van der Waals surface area contributed by atoms with Crippen LogP contribution in [-0.4, -0.2) is 48.5 Å². The first kappa shape index (κ1) is 14.2. The number of amides is 1. The number of carbonyl (C=O) groups excluding carboxylic acids is 1. The third-order valence-electron chi connectivity index (χ3n) is 4.15. The summed E-state index contributed by atoms with van der Waals surface area (Å²) in [5, 5.41) is 16.3. The number of ether oxygens (including phenoxy) is 2. The number of hydrogen-bond acceptors (Lipinski definition) is 5. The van der Waals surface area contributed by atoms with E-state index < -0.39 is 11.7 Å². The summed E-state index contributed by atoms with van der Waals surface area (Å²) in [4.78, 5) is 12.2. The fourth-order valence-corrected chi connectivity index (χ4v) is 2.62. The zero-order valence-electron chi connectivity index (χ0n) is 12.0. The maximum absolute atomic E-state index is 12.2. The maximum atomic E-state index is 12.2. The Morgan fingerprint density at radius 1 is 1.52 bits per heavy atom. The molecule has 2 heterocycles. The third-order valence-corrected chi connectivity index (χ3v) is 4.15. The molecule has 0 saturated carbocycles. The van der Waals surface area contributed by atoms with Crippen molar-refractivity contribution in [1.82, 2.24) is 5.32 Å². The van der Waals surface area contributed by atoms with Crippen molar-refractivity contribution < 1.29 is 19.4 Å². The molecule has 1 aromatic carbocycles. The number of carbonyl (C=O) groups is 1. The molecular formula is C15H20N2O4. The van der Waals surface area contributed by atoms with Gasteiger partial charge in [-0.1, -0.05) is 12.1 Å². The lowest BCUT2D eigenvalue weighted by molar-refractivity contribution is -0.129. The second-order valence-electron chi connectivity index (χ2n) is 5.57. The van der Waals surface area contributed by atoms with Crippen molar-refractivity contribution in [2.45, 2.75) is 31.2 Å². The molecule has 0 aliphatic carbocycles. The van der Waals surface area contributed by atoms with Gasteiger partial charge in [-0.15, -0.1) is 0 Å². The summed E-state index contributed by atoms with van der Waals surface area (Å²) >= 11 is 0. The van der Waals surface area contributed by atoms with E-state index in [1.165, 1.54) is 0 Å². The van der Waals surface area contributed by atoms with Crippen LogP contribution >= 0.6 is 0 Å². The van der Waals surface area contributed by atoms with Crippen LogP contribution in [0.2, 0.25) is 0 Å². The zero-order valence-corrected chi connectivity index (χ0v) is 12.0. The summed E-state index contributed by atoms with van der Waals surface area (Å²) in [7, 11) is 0. The normalized spacial score (nSPS) is 31.0. The van der Waals surface area contributed by atoms with Crippen LogP contribution in [0.25, 0.3) is 0 Å². The summed E-state index contributed by atoms with van der Waals surface area (Å²) in [6, 6.07) is 7.50. The van der Waals surface area contributed by atoms with Crippen LogP contribution in [0.4, 0.5) is 5.69 Å². The Kier molecular flexibility index (Phi) is 3.73. The second kappa shape index (κ2) is 5.54. The largest absolute Gasteiger partial charge is 0.477 e. The molecule has 0 spiro atoms. The summed E-state index contributed by atoms with van der Waals surface area (Å²) in [6.45, 7) is 2.91. The van der Waals surface area contributed by atoms with Gasteiger partial charge in [-0.25, -0.2) is 0 Å². The fourth-order valence-electron chi connectivity index (χ4n) is 2.62. The molecule has 3 N–H and O–H groups in total. The minimum Gasteiger partial charge on any atom is -0.477 e. The van der Waals surface area contributed by atoms with E-state index in [1.807, 2.05) is 31.2 Å². The molecule has 6 nitrogen and oxygen atoms in total. The molecular weight excluding hydrogens is 272 g/mol. The van der Waals surface area contributed by atoms with Crippen molar-refractivity contribution in [2.24, 2.45) is 0 Å². The summed E-state index contributed by atoms with van der Waals surface area (Å²) in [6.07, 6.45) is -0.341. The van der Waals surface area contributed by atoms with E-state index in [1.54, 1.807) is 0 Å². The van der Waals surface area contributed by atoms with E-state index in [0.717, 1.165) is 5.69 Å². The van der Waals surface area contributed by atoms with Crippen LogP contribution in [0.1, 0.15) is 13.3 Å². The molecule has 3 rings (SSSR count). The zero-order chi connectivity index (χ0) is 14.9. The summed E-state index contributed by atoms with van der Waals surface area (Å²) in [5.41, 5.74) is -0.103. The first-order valence-electron chi connectivity index (χ1n) is 7.20. The lowest BCUT2D eigenvalue weighted by Crippen LogP contribution is -2.52. The van der Waals surface area contributed by atoms with Gasteiger partial charge in [0.05, 0.1) is 18.3 Å². The van der Waals surface area contributed by atoms with E-state index in [4.69, 9.17) is 9.47 Å². The summed E-state index contributed by atoms with van der Waals surface area (Å²) < 4.78 is 11.0. The van der Waals surface area contributed by atoms with E-state index in [9.17, 15) is 9.90 Å². The van der Waals surface area contributed by atoms with Crippen molar-refractivity contribution in [3.8, 4) is 5.75 Å². The van der Waals surface area contributed by atoms with Gasteiger partial charge in [-0.3, -0.25) is 4.79 Å². The van der Waals surface area contributed by atoms with Crippen molar-refractivity contribution in [2.75, 3.05) is 25.0 Å². The second-order valence-corrected chi connectivity index (χ2v) is 5.57. The third kappa shape index (κ3) is 2.82. The van der Waals surface area contributed by atoms with Crippen LogP contribution in [0.15, 0.2) is 24.3 Å². The van der Waals surface area contributed by atoms with E-state index in [2.05, 4.69) is 10.6 Å². The highest BCUT2D eigenvalue weighted by atomic mass is 16.5. The van der Waals surface area contributed by atoms with Crippen LogP contribution in [0, 0.1) is 0 Å². The van der Waals surface area contributed by atoms with Gasteiger partial charge in [-0.05, 0) is 19.1 Å². The number of para-hydroxylation sites is 2. The van der Waals surface area contributed by atoms with Crippen LogP contribution in [-0.2, 0) is 9.53 Å². The Labute approximate surface area is 123 Å². The first-order valence-corrected chi connectivity index (χ1v) is 7.20. The molecule has 21 heavy (non-hydrogen) atoms. The number of anilines is 1. The predicted molar refractivity (Wildman–Crippen MR) is 77.3 cm³/mol. The van der Waals surface area contributed by atoms with E-state index in [0.29, 0.717) is 25.3 Å². The quantitative estimate of drug-likeness (QED) is 0.757. The molecule has 0 aromatic heterocycles. The lowest BCUT2D eigenvalue weighted by atomic mass is 9.96. The van der Waals surface area contributed by atoms with Crippen molar-refractivity contribution in [3.05, 3.63) is 24.3 Å². The molecule has 1 fully saturated rings. The molecule has 3 atom stereocenters. The number of rotatable bonds is 3. The Morgan fingerprint density at radius 2 is 2.33 bits per heavy atom. The van der Waals surface area contributed by atoms with Gasteiger partial charge in [0.25, 0.3) is 5.91 Å². The molecule has 0 radical (unpaired) electrons. The van der Waals surface area contributed by atoms with E-state index >= 15 is 0 Å². The lowest BCUT2D eigenvalue weighted by Gasteiger charge is -2.29. The average Bonchev–Trinajstić information content (AvgIpc) is 2.84. The van der Waals surface area contributed by atoms with Crippen LogP contribution in [0.3, 0.4) is 0 Å². The van der Waals surface area contributed by atoms with Gasteiger partial charge in [0.2, 0.25) is 0 Å². The summed E-state index contributed by atoms with van der Waals surface area (Å²) in [5.74, 6) is 0.435. The smallest absolute Gasteiger partial charge is 0.263 e. The predicted octanol–water partition coefficient (Wildman–Crippen LogP) is 0.516. The van der Waals surface area contributed by atoms with Gasteiger partial charge in [0, 0.05) is 19.6 Å². The van der Waals surface area contributed by atoms with Crippen LogP contribution < -0.4 is 15.4 Å². The highest BCUT2D eigenvalue weighted by Crippen LogP contribution is 2.28. The number of hydrogen-bond donors (Lipinski definition) is 3. The van der Waals surface area contributed by atoms with Gasteiger partial charge >= 0.3 is 0 Å². The van der Waals surface area contributed by atoms with Gasteiger partial charge in [-0.2, -0.15) is 0 Å². The molecule has 6 heteroatoms. The van der Waals surface area contributed by atoms with Crippen molar-refractivity contribution >= 4 is 11.6 Å². The standard InChI is InChI=1S/C15H20N2O4/c1-10-15(19,6-7-20-10)9-17-14(18)13-8-16-11-4-2-3-5-12(11)21-13/h2-5,10,13,16,19H,6-9H2,1H3,(H,17,18). The monoisotopic (exact) mass is 292 g/mol. The Hall–Kier alpha value is -1.79. The highest BCUT2D eigenvalue weighted by molar-refractivity contribution is 5.83. The van der Waals surface area contributed by atoms with E-state index in [-0.39, 0.29) is 18.6 Å². The topological polar surface area (TPSA) is 79.8 Å². The molecule has 2 aliphatic rings. The molecule has 114 valence electrons. The van der Waals surface area contributed by atoms with Crippen molar-refractivity contribution in [3.63, 3.8) is 0 Å². The number of fused-ring (bicyclic) bond motifs is 1. The fraction of sp³-hybridized carbons (Fsp3) is 0.533. The van der Waals surface area contributed by atoms with Gasteiger partial charge < -0.3 is 25.2 Å². The first-order chi connectivity index (χ1) is 10.1. The molecule has 0 bridgehead atoms. The van der Waals surface area contributed by atoms with Crippen LogP contribution in [0.5, 0.6) is 5.75 Å². The number of benzene rings is 1. The SMILES string of the molecule is CC1OCCC1(O)CNC(=O)C1CNc2ccccc2O1. The Bertz CT molecular complexity index is 536. The molecule has 1 amide bonds. The van der Waals surface area contributed by atoms with Gasteiger partial charge in [0.1, 0.15) is 11.4 Å².